The fraction of sp³-hybridized carbons (Fsp3) is 0.250. The van der Waals surface area contributed by atoms with Crippen molar-refractivity contribution in [3.05, 3.63) is 61.0 Å². The lowest BCUT2D eigenvalue weighted by atomic mass is 9.99. The van der Waals surface area contributed by atoms with E-state index in [1.54, 1.807) is 0 Å². The van der Waals surface area contributed by atoms with Gasteiger partial charge in [0.2, 0.25) is 0 Å². The number of fused-ring (bicyclic) bond motifs is 1. The average Bonchev–Trinajstić information content (AvgIpc) is 2.89. The Hall–Kier alpha value is -0.550. The monoisotopic (exact) mass is 430 g/mol. The second kappa shape index (κ2) is 6.29. The predicted molar refractivity (Wildman–Crippen MR) is 91.2 cm³/mol. The van der Waals surface area contributed by atoms with Gasteiger partial charge in [-0.2, -0.15) is 0 Å². The maximum Gasteiger partial charge on any atom is 0.126 e. The van der Waals surface area contributed by atoms with Gasteiger partial charge in [-0.25, -0.2) is 0 Å². The van der Waals surface area contributed by atoms with Crippen LogP contribution in [-0.4, -0.2) is 11.7 Å². The lowest BCUT2D eigenvalue weighted by Gasteiger charge is -2.16. The highest BCUT2D eigenvalue weighted by Gasteiger charge is 2.21. The molecule has 0 aromatic heterocycles. The van der Waals surface area contributed by atoms with E-state index >= 15 is 0 Å². The van der Waals surface area contributed by atoms with E-state index in [9.17, 15) is 5.11 Å². The second-order valence-corrected chi connectivity index (χ2v) is 7.24. The average molecular weight is 433 g/mol. The van der Waals surface area contributed by atoms with Gasteiger partial charge in [-0.3, -0.25) is 0 Å². The Labute approximate surface area is 145 Å². The molecule has 3 rings (SSSR count). The highest BCUT2D eigenvalue weighted by Crippen LogP contribution is 2.36. The third-order valence-electron chi connectivity index (χ3n) is 3.56. The number of aliphatic hydroxyl groups is 1. The molecule has 1 aliphatic heterocycles. The van der Waals surface area contributed by atoms with Crippen molar-refractivity contribution in [2.24, 2.45) is 0 Å². The molecule has 1 unspecified atom stereocenters. The van der Waals surface area contributed by atoms with Gasteiger partial charge in [0.1, 0.15) is 5.75 Å². The highest BCUT2D eigenvalue weighted by molar-refractivity contribution is 9.11. The number of hydrogen-bond donors (Lipinski definition) is 1. The molecule has 0 saturated carbocycles. The molecule has 0 fully saturated rings. The Morgan fingerprint density at radius 1 is 1.24 bits per heavy atom. The lowest BCUT2D eigenvalue weighted by Crippen LogP contribution is -2.04. The minimum atomic E-state index is -0.622. The Balaban J connectivity index is 1.92. The summed E-state index contributed by atoms with van der Waals surface area (Å²) in [6.45, 7) is 0.680. The Bertz CT molecular complexity index is 688. The smallest absolute Gasteiger partial charge is 0.126 e. The lowest BCUT2D eigenvalue weighted by molar-refractivity contribution is 0.176. The predicted octanol–water partition coefficient (Wildman–Crippen LogP) is 5.08. The molecule has 2 aromatic rings. The SMILES string of the molecule is OC(Cc1cc(Cl)cc2c1OCC2)c1cc(Br)ccc1Br. The van der Waals surface area contributed by atoms with Crippen LogP contribution in [0, 0.1) is 0 Å². The molecule has 1 heterocycles. The number of benzene rings is 2. The number of aliphatic hydroxyl groups excluding tert-OH is 1. The van der Waals surface area contributed by atoms with Gasteiger partial charge >= 0.3 is 0 Å². The summed E-state index contributed by atoms with van der Waals surface area (Å²) in [5.41, 5.74) is 2.92. The van der Waals surface area contributed by atoms with Crippen LogP contribution in [-0.2, 0) is 12.8 Å². The third kappa shape index (κ3) is 3.29. The van der Waals surface area contributed by atoms with Gasteiger partial charge in [-0.1, -0.05) is 43.5 Å². The zero-order chi connectivity index (χ0) is 15.0. The van der Waals surface area contributed by atoms with Gasteiger partial charge in [-0.15, -0.1) is 0 Å². The van der Waals surface area contributed by atoms with Crippen LogP contribution >= 0.6 is 43.5 Å². The summed E-state index contributed by atoms with van der Waals surface area (Å²) >= 11 is 13.1. The zero-order valence-corrected chi connectivity index (χ0v) is 15.0. The van der Waals surface area contributed by atoms with Crippen LogP contribution in [0.1, 0.15) is 22.8 Å². The molecule has 1 aliphatic rings. The largest absolute Gasteiger partial charge is 0.493 e. The molecule has 2 nitrogen and oxygen atoms in total. The fourth-order valence-corrected chi connectivity index (χ4v) is 3.74. The highest BCUT2D eigenvalue weighted by atomic mass is 79.9. The molecule has 5 heteroatoms. The first-order valence-electron chi connectivity index (χ1n) is 6.61. The number of ether oxygens (including phenoxy) is 1. The topological polar surface area (TPSA) is 29.5 Å². The van der Waals surface area contributed by atoms with E-state index in [1.807, 2.05) is 30.3 Å². The molecule has 2 aromatic carbocycles. The molecule has 1 atom stereocenters. The molecule has 0 bridgehead atoms. The van der Waals surface area contributed by atoms with Crippen LogP contribution < -0.4 is 4.74 Å². The minimum absolute atomic E-state index is 0.470. The van der Waals surface area contributed by atoms with Crippen molar-refractivity contribution in [2.75, 3.05) is 6.61 Å². The quantitative estimate of drug-likeness (QED) is 0.733. The number of hydrogen-bond acceptors (Lipinski definition) is 2. The van der Waals surface area contributed by atoms with E-state index in [0.29, 0.717) is 18.1 Å². The molecule has 110 valence electrons. The molecule has 0 radical (unpaired) electrons. The first-order chi connectivity index (χ1) is 10.0. The van der Waals surface area contributed by atoms with Crippen molar-refractivity contribution in [2.45, 2.75) is 18.9 Å². The second-order valence-electron chi connectivity index (χ2n) is 5.04. The van der Waals surface area contributed by atoms with E-state index in [2.05, 4.69) is 31.9 Å². The molecule has 21 heavy (non-hydrogen) atoms. The summed E-state index contributed by atoms with van der Waals surface area (Å²) in [6, 6.07) is 9.58. The Morgan fingerprint density at radius 2 is 2.05 bits per heavy atom. The zero-order valence-electron chi connectivity index (χ0n) is 11.1. The molecular weight excluding hydrogens is 419 g/mol. The molecule has 1 N–H and O–H groups in total. The molecule has 0 spiro atoms. The van der Waals surface area contributed by atoms with Gasteiger partial charge < -0.3 is 9.84 Å². The van der Waals surface area contributed by atoms with Crippen molar-refractivity contribution in [3.63, 3.8) is 0 Å². The summed E-state index contributed by atoms with van der Waals surface area (Å²) in [7, 11) is 0. The van der Waals surface area contributed by atoms with Crippen LogP contribution in [0.4, 0.5) is 0 Å². The molecular formula is C16H13Br2ClO2. The van der Waals surface area contributed by atoms with E-state index < -0.39 is 6.10 Å². The van der Waals surface area contributed by atoms with Crippen LogP contribution in [0.15, 0.2) is 39.3 Å². The maximum atomic E-state index is 10.6. The van der Waals surface area contributed by atoms with Crippen LogP contribution in [0.5, 0.6) is 5.75 Å². The van der Waals surface area contributed by atoms with E-state index in [4.69, 9.17) is 16.3 Å². The van der Waals surface area contributed by atoms with Crippen molar-refractivity contribution >= 4 is 43.5 Å². The first kappa shape index (κ1) is 15.3. The third-order valence-corrected chi connectivity index (χ3v) is 4.99. The Kier molecular flexibility index (Phi) is 4.60. The summed E-state index contributed by atoms with van der Waals surface area (Å²) in [4.78, 5) is 0. The van der Waals surface area contributed by atoms with E-state index in [-0.39, 0.29) is 0 Å². The maximum absolute atomic E-state index is 10.6. The first-order valence-corrected chi connectivity index (χ1v) is 8.58. The van der Waals surface area contributed by atoms with E-state index in [0.717, 1.165) is 37.8 Å². The minimum Gasteiger partial charge on any atom is -0.493 e. The van der Waals surface area contributed by atoms with Crippen molar-refractivity contribution in [1.29, 1.82) is 0 Å². The Morgan fingerprint density at radius 3 is 2.86 bits per heavy atom. The number of rotatable bonds is 3. The summed E-state index contributed by atoms with van der Waals surface area (Å²) < 4.78 is 7.51. The summed E-state index contributed by atoms with van der Waals surface area (Å²) in [5, 5.41) is 11.2. The molecule has 0 amide bonds. The van der Waals surface area contributed by atoms with Crippen LogP contribution in [0.2, 0.25) is 5.02 Å². The number of halogens is 3. The van der Waals surface area contributed by atoms with E-state index in [1.165, 1.54) is 0 Å². The fourth-order valence-electron chi connectivity index (χ4n) is 2.59. The summed E-state index contributed by atoms with van der Waals surface area (Å²) in [6.07, 6.45) is 0.723. The van der Waals surface area contributed by atoms with Crippen LogP contribution in [0.25, 0.3) is 0 Å². The van der Waals surface area contributed by atoms with Crippen molar-refractivity contribution < 1.29 is 9.84 Å². The van der Waals surface area contributed by atoms with Gasteiger partial charge in [-0.05, 0) is 47.0 Å². The van der Waals surface area contributed by atoms with Crippen molar-refractivity contribution in [3.8, 4) is 5.75 Å². The van der Waals surface area contributed by atoms with Gasteiger partial charge in [0, 0.05) is 26.8 Å². The van der Waals surface area contributed by atoms with Crippen molar-refractivity contribution in [1.82, 2.24) is 0 Å². The van der Waals surface area contributed by atoms with Gasteiger partial charge in [0.15, 0.2) is 0 Å². The van der Waals surface area contributed by atoms with Crippen LogP contribution in [0.3, 0.4) is 0 Å². The standard InChI is InChI=1S/C16H13Br2ClO2/c17-11-1-2-14(18)13(8-11)15(20)7-10-6-12(19)5-9-3-4-21-16(9)10/h1-2,5-6,8,15,20H,3-4,7H2. The summed E-state index contributed by atoms with van der Waals surface area (Å²) in [5.74, 6) is 0.879. The van der Waals surface area contributed by atoms with Gasteiger partial charge in [0.25, 0.3) is 0 Å². The molecule has 0 aliphatic carbocycles. The van der Waals surface area contributed by atoms with Gasteiger partial charge in [0.05, 0.1) is 12.7 Å². The molecule has 0 saturated heterocycles. The normalized spacial score (nSPS) is 14.7.